The highest BCUT2D eigenvalue weighted by Crippen LogP contribution is 2.38. The van der Waals surface area contributed by atoms with Gasteiger partial charge in [0.15, 0.2) is 0 Å². The van der Waals surface area contributed by atoms with Gasteiger partial charge in [0, 0.05) is 36.6 Å². The van der Waals surface area contributed by atoms with Crippen LogP contribution in [0.25, 0.3) is 0 Å². The van der Waals surface area contributed by atoms with Crippen molar-refractivity contribution in [2.24, 2.45) is 0 Å². The Bertz CT molecular complexity index is 870. The summed E-state index contributed by atoms with van der Waals surface area (Å²) in [6.07, 6.45) is 1.23. The smallest absolute Gasteiger partial charge is 0.255 e. The number of hydrogen-bond donors (Lipinski definition) is 1. The molecule has 1 N–H and O–H groups in total. The minimum Gasteiger partial charge on any atom is -0.372 e. The van der Waals surface area contributed by atoms with E-state index in [0.717, 1.165) is 54.2 Å². The topological polar surface area (TPSA) is 52.7 Å². The minimum atomic E-state index is -0.127. The monoisotopic (exact) mass is 349 g/mol. The molecular weight excluding hydrogens is 326 g/mol. The Kier molecular flexibility index (Phi) is 4.15. The number of nitrogens with zero attached hydrogens (tertiary/aromatic N) is 2. The van der Waals surface area contributed by atoms with Crippen LogP contribution in [0.1, 0.15) is 35.3 Å². The summed E-state index contributed by atoms with van der Waals surface area (Å²) in [5, 5.41) is 2.97. The molecule has 2 amide bonds. The molecule has 0 fully saturated rings. The van der Waals surface area contributed by atoms with E-state index in [0.29, 0.717) is 12.0 Å². The van der Waals surface area contributed by atoms with E-state index in [-0.39, 0.29) is 11.8 Å². The third kappa shape index (κ3) is 2.73. The number of hydrogen-bond acceptors (Lipinski definition) is 3. The van der Waals surface area contributed by atoms with E-state index in [2.05, 4.69) is 24.1 Å². The fourth-order valence-electron chi connectivity index (χ4n) is 3.96. The van der Waals surface area contributed by atoms with E-state index < -0.39 is 0 Å². The van der Waals surface area contributed by atoms with Crippen molar-refractivity contribution in [1.29, 1.82) is 0 Å². The van der Waals surface area contributed by atoms with Crippen molar-refractivity contribution in [3.8, 4) is 0 Å². The molecule has 0 aliphatic carbocycles. The van der Waals surface area contributed by atoms with Crippen LogP contribution in [-0.4, -0.2) is 31.4 Å². The molecular formula is C21H23N3O2. The molecule has 0 radical (unpaired) electrons. The van der Waals surface area contributed by atoms with Gasteiger partial charge in [-0.1, -0.05) is 0 Å². The molecule has 2 aromatic rings. The molecule has 5 nitrogen and oxygen atoms in total. The fourth-order valence-corrected chi connectivity index (χ4v) is 3.96. The molecule has 0 spiro atoms. The number of carbonyl (C=O) groups excluding carboxylic acids is 2. The lowest BCUT2D eigenvalue weighted by Gasteiger charge is -2.21. The minimum absolute atomic E-state index is 0.127. The zero-order chi connectivity index (χ0) is 18.3. The average molecular weight is 349 g/mol. The van der Waals surface area contributed by atoms with E-state index in [1.807, 2.05) is 41.3 Å². The molecule has 0 bridgehead atoms. The van der Waals surface area contributed by atoms with E-state index in [4.69, 9.17) is 0 Å². The molecule has 2 aromatic carbocycles. The van der Waals surface area contributed by atoms with Gasteiger partial charge in [0.1, 0.15) is 0 Å². The van der Waals surface area contributed by atoms with Crippen molar-refractivity contribution >= 4 is 28.9 Å². The molecule has 0 atom stereocenters. The van der Waals surface area contributed by atoms with Gasteiger partial charge in [0.25, 0.3) is 5.91 Å². The molecule has 2 aliphatic heterocycles. The Morgan fingerprint density at radius 2 is 1.81 bits per heavy atom. The van der Waals surface area contributed by atoms with E-state index in [1.165, 1.54) is 0 Å². The second kappa shape index (κ2) is 6.48. The summed E-state index contributed by atoms with van der Waals surface area (Å²) >= 11 is 0. The first kappa shape index (κ1) is 16.6. The van der Waals surface area contributed by atoms with Crippen LogP contribution in [0.15, 0.2) is 36.4 Å². The largest absolute Gasteiger partial charge is 0.372 e. The maximum atomic E-state index is 12.7. The van der Waals surface area contributed by atoms with Crippen LogP contribution in [0.2, 0.25) is 0 Å². The number of amides is 2. The summed E-state index contributed by atoms with van der Waals surface area (Å²) in [5.74, 6) is 0.0146. The Hall–Kier alpha value is -2.82. The van der Waals surface area contributed by atoms with Gasteiger partial charge < -0.3 is 15.1 Å². The molecule has 5 heteroatoms. The lowest BCUT2D eigenvalue weighted by molar-refractivity contribution is -0.117. The van der Waals surface area contributed by atoms with E-state index in [9.17, 15) is 9.59 Å². The normalized spacial score (nSPS) is 14.5. The van der Waals surface area contributed by atoms with E-state index in [1.54, 1.807) is 0 Å². The average Bonchev–Trinajstić information content (AvgIpc) is 3.22. The Morgan fingerprint density at radius 1 is 1.12 bits per heavy atom. The first-order chi connectivity index (χ1) is 12.6. The third-order valence-electron chi connectivity index (χ3n) is 5.30. The van der Waals surface area contributed by atoms with Gasteiger partial charge >= 0.3 is 0 Å². The molecule has 0 saturated heterocycles. The van der Waals surface area contributed by atoms with Crippen molar-refractivity contribution in [3.63, 3.8) is 0 Å². The van der Waals surface area contributed by atoms with Crippen LogP contribution in [0.4, 0.5) is 17.1 Å². The van der Waals surface area contributed by atoms with Crippen molar-refractivity contribution in [2.45, 2.75) is 26.7 Å². The Balaban J connectivity index is 1.53. The molecule has 2 aliphatic rings. The highest BCUT2D eigenvalue weighted by Gasteiger charge is 2.34. The van der Waals surface area contributed by atoms with Gasteiger partial charge in [-0.25, -0.2) is 0 Å². The molecule has 26 heavy (non-hydrogen) atoms. The van der Waals surface area contributed by atoms with Crippen molar-refractivity contribution < 1.29 is 9.59 Å². The third-order valence-corrected chi connectivity index (χ3v) is 5.30. The van der Waals surface area contributed by atoms with Crippen molar-refractivity contribution in [1.82, 2.24) is 0 Å². The summed E-state index contributed by atoms with van der Waals surface area (Å²) in [7, 11) is 0. The van der Waals surface area contributed by atoms with Crippen LogP contribution in [0, 0.1) is 0 Å². The van der Waals surface area contributed by atoms with Gasteiger partial charge in [0.2, 0.25) is 5.91 Å². The highest BCUT2D eigenvalue weighted by molar-refractivity contribution is 6.08. The number of benzene rings is 2. The molecule has 2 heterocycles. The number of carbonyl (C=O) groups is 2. The fraction of sp³-hybridized carbons (Fsp3) is 0.333. The SMILES string of the molecule is CCN(CC)c1ccc(NC(=O)c2cc3c4c(c2)CC(=O)N4CC3)cc1. The summed E-state index contributed by atoms with van der Waals surface area (Å²) < 4.78 is 0. The van der Waals surface area contributed by atoms with Gasteiger partial charge in [-0.05, 0) is 67.8 Å². The second-order valence-electron chi connectivity index (χ2n) is 6.79. The van der Waals surface area contributed by atoms with Gasteiger partial charge in [-0.2, -0.15) is 0 Å². The number of nitrogens with one attached hydrogen (secondary N) is 1. The summed E-state index contributed by atoms with van der Waals surface area (Å²) in [4.78, 5) is 28.8. The molecule has 0 unspecified atom stereocenters. The van der Waals surface area contributed by atoms with Gasteiger partial charge in [-0.15, -0.1) is 0 Å². The predicted molar refractivity (Wildman–Crippen MR) is 104 cm³/mol. The highest BCUT2D eigenvalue weighted by atomic mass is 16.2. The molecule has 0 saturated carbocycles. The number of rotatable bonds is 5. The maximum absolute atomic E-state index is 12.7. The standard InChI is InChI=1S/C21H23N3O2/c1-3-23(4-2)18-7-5-17(6-8-18)22-21(26)16-11-14-9-10-24-19(25)13-15(12-16)20(14)24/h5-8,11-12H,3-4,9-10,13H2,1-2H3,(H,22,26). The van der Waals surface area contributed by atoms with Gasteiger partial charge in [0.05, 0.1) is 12.1 Å². The zero-order valence-electron chi connectivity index (χ0n) is 15.2. The molecule has 134 valence electrons. The Labute approximate surface area is 153 Å². The first-order valence-corrected chi connectivity index (χ1v) is 9.23. The number of anilines is 3. The molecule has 0 aromatic heterocycles. The van der Waals surface area contributed by atoms with Crippen molar-refractivity contribution in [3.05, 3.63) is 53.1 Å². The second-order valence-corrected chi connectivity index (χ2v) is 6.79. The van der Waals surface area contributed by atoms with Crippen LogP contribution < -0.4 is 15.1 Å². The molecule has 4 rings (SSSR count). The lowest BCUT2D eigenvalue weighted by Crippen LogP contribution is -2.24. The van der Waals surface area contributed by atoms with Crippen LogP contribution >= 0.6 is 0 Å². The van der Waals surface area contributed by atoms with Crippen molar-refractivity contribution in [2.75, 3.05) is 34.8 Å². The van der Waals surface area contributed by atoms with Gasteiger partial charge in [-0.3, -0.25) is 9.59 Å². The van der Waals surface area contributed by atoms with E-state index >= 15 is 0 Å². The first-order valence-electron chi connectivity index (χ1n) is 9.23. The quantitative estimate of drug-likeness (QED) is 0.902. The maximum Gasteiger partial charge on any atom is 0.255 e. The Morgan fingerprint density at radius 3 is 2.50 bits per heavy atom. The lowest BCUT2D eigenvalue weighted by atomic mass is 10.0. The summed E-state index contributed by atoms with van der Waals surface area (Å²) in [6, 6.07) is 11.7. The van der Waals surface area contributed by atoms with Crippen LogP contribution in [0.5, 0.6) is 0 Å². The van der Waals surface area contributed by atoms with Crippen LogP contribution in [0.3, 0.4) is 0 Å². The summed E-state index contributed by atoms with van der Waals surface area (Å²) in [5.41, 5.74) is 5.68. The van der Waals surface area contributed by atoms with Crippen LogP contribution in [-0.2, 0) is 17.6 Å². The predicted octanol–water partition coefficient (Wildman–Crippen LogP) is 3.23. The summed E-state index contributed by atoms with van der Waals surface area (Å²) in [6.45, 7) is 6.90. The zero-order valence-corrected chi connectivity index (χ0v) is 15.2.